The third kappa shape index (κ3) is 16.4. The van der Waals surface area contributed by atoms with Crippen molar-refractivity contribution in [2.75, 3.05) is 24.6 Å². The van der Waals surface area contributed by atoms with Crippen molar-refractivity contribution in [1.82, 2.24) is 31.9 Å². The number of aliphatic carboxylic acids is 2. The number of hydrogen-bond donors (Lipinski definition) is 11. The van der Waals surface area contributed by atoms with Gasteiger partial charge in [0.1, 0.15) is 30.2 Å². The molecule has 0 saturated carbocycles. The molecular weight excluding hydrogens is 668 g/mol. The normalized spacial score (nSPS) is 22.1. The van der Waals surface area contributed by atoms with Gasteiger partial charge >= 0.3 is 11.9 Å². The number of aliphatic imine (C=N–C) groups is 1. The molecule has 1 heterocycles. The molecule has 0 bridgehead atoms. The lowest BCUT2D eigenvalue weighted by Gasteiger charge is -2.25. The summed E-state index contributed by atoms with van der Waals surface area (Å²) in [6.07, 6.45) is -1.42. The monoisotopic (exact) mass is 706 g/mol. The van der Waals surface area contributed by atoms with Gasteiger partial charge in [-0.15, -0.1) is 0 Å². The third-order valence-electron chi connectivity index (χ3n) is 5.93. The van der Waals surface area contributed by atoms with Crippen molar-refractivity contribution in [3.63, 3.8) is 0 Å². The van der Waals surface area contributed by atoms with E-state index in [1.54, 1.807) is 0 Å². The lowest BCUT2D eigenvalue weighted by molar-refractivity contribution is -0.143. The first kappa shape index (κ1) is 40.2. The SMILES string of the molecule is CC(=O)N[C@@H](CC(N)=O)C(=O)N[C@H]1CSSC[C@@H](C(=O)O)NC(=O)[C@H](CC(=O)O)NC(=O)CNC(=O)[C@H](CCCN=C(N)N)NC1=O. The van der Waals surface area contributed by atoms with Crippen LogP contribution in [0.3, 0.4) is 0 Å². The molecule has 0 aromatic rings. The van der Waals surface area contributed by atoms with Crippen LogP contribution in [0.1, 0.15) is 32.6 Å². The molecule has 0 radical (unpaired) electrons. The van der Waals surface area contributed by atoms with Crippen molar-refractivity contribution < 1.29 is 53.4 Å². The summed E-state index contributed by atoms with van der Waals surface area (Å²) in [5, 5.41) is 32.4. The molecule has 1 aliphatic heterocycles. The van der Waals surface area contributed by atoms with Crippen molar-refractivity contribution in [2.24, 2.45) is 22.2 Å². The standard InChI is InChI=1S/C24H38N10O11S2/c1-10(35)30-12(5-16(25)36)20(41)33-14-8-46-47-9-15(23(44)45)34-21(42)13(6-18(38)39)31-17(37)7-29-19(40)11(32-22(14)43)3-2-4-28-24(26)27/h11-15H,2-9H2,1H3,(H2,25,36)(H,29,40)(H,30,35)(H,31,37)(H,32,43)(H,33,41)(H,34,42)(H,38,39)(H,44,45)(H4,26,27,28)/t11-,12-,13-,14-,15-/m0/s1. The molecule has 21 nitrogen and oxygen atoms in total. The van der Waals surface area contributed by atoms with Crippen molar-refractivity contribution in [3.05, 3.63) is 0 Å². The zero-order chi connectivity index (χ0) is 35.7. The van der Waals surface area contributed by atoms with Crippen LogP contribution in [0.4, 0.5) is 0 Å². The second-order valence-corrected chi connectivity index (χ2v) is 12.5. The van der Waals surface area contributed by atoms with Gasteiger partial charge in [-0.1, -0.05) is 21.6 Å². The highest BCUT2D eigenvalue weighted by atomic mass is 33.1. The molecule has 1 fully saturated rings. The van der Waals surface area contributed by atoms with Gasteiger partial charge in [0.2, 0.25) is 41.4 Å². The Balaban J connectivity index is 3.41. The Morgan fingerprint density at radius 1 is 0.936 bits per heavy atom. The first-order valence-corrected chi connectivity index (χ1v) is 16.3. The van der Waals surface area contributed by atoms with Crippen LogP contribution in [0, 0.1) is 0 Å². The number of nitrogens with zero attached hydrogens (tertiary/aromatic N) is 1. The minimum absolute atomic E-state index is 0.0529. The largest absolute Gasteiger partial charge is 0.481 e. The van der Waals surface area contributed by atoms with E-state index in [4.69, 9.17) is 17.2 Å². The van der Waals surface area contributed by atoms with Crippen molar-refractivity contribution >= 4 is 80.8 Å². The fraction of sp³-hybridized carbons (Fsp3) is 0.583. The second-order valence-electron chi connectivity index (χ2n) is 9.90. The molecule has 0 aromatic carbocycles. The van der Waals surface area contributed by atoms with Crippen LogP contribution >= 0.6 is 21.6 Å². The van der Waals surface area contributed by atoms with Crippen LogP contribution < -0.4 is 49.1 Å². The smallest absolute Gasteiger partial charge is 0.327 e. The first-order chi connectivity index (χ1) is 22.0. The maximum Gasteiger partial charge on any atom is 0.327 e. The Morgan fingerprint density at radius 2 is 1.60 bits per heavy atom. The van der Waals surface area contributed by atoms with Crippen molar-refractivity contribution in [3.8, 4) is 0 Å². The molecule has 0 aliphatic carbocycles. The molecule has 47 heavy (non-hydrogen) atoms. The van der Waals surface area contributed by atoms with Crippen LogP contribution in [0.5, 0.6) is 0 Å². The van der Waals surface area contributed by atoms with Crippen LogP contribution in [0.15, 0.2) is 4.99 Å². The van der Waals surface area contributed by atoms with Crippen molar-refractivity contribution in [2.45, 2.75) is 62.8 Å². The van der Waals surface area contributed by atoms with E-state index in [2.05, 4.69) is 36.9 Å². The maximum atomic E-state index is 13.4. The van der Waals surface area contributed by atoms with E-state index in [1.807, 2.05) is 0 Å². The van der Waals surface area contributed by atoms with Gasteiger partial charge in [0.25, 0.3) is 0 Å². The summed E-state index contributed by atoms with van der Waals surface area (Å²) in [5.41, 5.74) is 15.8. The van der Waals surface area contributed by atoms with Crippen LogP contribution in [0.25, 0.3) is 0 Å². The molecule has 262 valence electrons. The number of amides is 7. The predicted molar refractivity (Wildman–Crippen MR) is 167 cm³/mol. The van der Waals surface area contributed by atoms with E-state index in [1.165, 1.54) is 0 Å². The molecule has 0 aromatic heterocycles. The fourth-order valence-electron chi connectivity index (χ4n) is 3.75. The highest BCUT2D eigenvalue weighted by Gasteiger charge is 2.32. The number of carboxylic acids is 2. The summed E-state index contributed by atoms with van der Waals surface area (Å²) in [6, 6.07) is -7.49. The summed E-state index contributed by atoms with van der Waals surface area (Å²) in [5.74, 6) is -10.3. The van der Waals surface area contributed by atoms with Gasteiger partial charge in [0.15, 0.2) is 5.96 Å². The summed E-state index contributed by atoms with van der Waals surface area (Å²) in [6.45, 7) is 0.363. The Hall–Kier alpha value is -4.80. The number of carbonyl (C=O) groups excluding carboxylic acids is 7. The van der Waals surface area contributed by atoms with E-state index >= 15 is 0 Å². The number of nitrogens with two attached hydrogens (primary N) is 3. The van der Waals surface area contributed by atoms with Gasteiger partial charge in [-0.2, -0.15) is 0 Å². The first-order valence-electron chi connectivity index (χ1n) is 13.8. The zero-order valence-electron chi connectivity index (χ0n) is 25.1. The highest BCUT2D eigenvalue weighted by Crippen LogP contribution is 2.23. The van der Waals surface area contributed by atoms with Gasteiger partial charge in [0, 0.05) is 25.0 Å². The minimum Gasteiger partial charge on any atom is -0.481 e. The average Bonchev–Trinajstić information content (AvgIpc) is 2.95. The predicted octanol–water partition coefficient (Wildman–Crippen LogP) is -5.57. The van der Waals surface area contributed by atoms with Gasteiger partial charge < -0.3 is 59.3 Å². The zero-order valence-corrected chi connectivity index (χ0v) is 26.7. The number of nitrogens with one attached hydrogen (secondary N) is 6. The average molecular weight is 707 g/mol. The number of rotatable bonds is 12. The van der Waals surface area contributed by atoms with Gasteiger partial charge in [-0.25, -0.2) is 4.79 Å². The lowest BCUT2D eigenvalue weighted by atomic mass is 10.1. The molecule has 23 heteroatoms. The third-order valence-corrected chi connectivity index (χ3v) is 8.35. The Bertz CT molecular complexity index is 1230. The topological polar surface area (TPSA) is 357 Å². The number of primary amides is 1. The lowest BCUT2D eigenvalue weighted by Crippen LogP contribution is -2.58. The number of carboxylic acid groups (broad SMARTS) is 2. The molecule has 14 N–H and O–H groups in total. The highest BCUT2D eigenvalue weighted by molar-refractivity contribution is 8.76. The fourth-order valence-corrected chi connectivity index (χ4v) is 6.07. The summed E-state index contributed by atoms with van der Waals surface area (Å²) < 4.78 is 0. The molecule has 0 spiro atoms. The molecule has 7 amide bonds. The Labute approximate surface area is 275 Å². The quantitative estimate of drug-likeness (QED) is 0.0390. The summed E-state index contributed by atoms with van der Waals surface area (Å²) in [4.78, 5) is 115. The molecular formula is C24H38N10O11S2. The van der Waals surface area contributed by atoms with Gasteiger partial charge in [-0.3, -0.25) is 43.3 Å². The molecule has 1 saturated heterocycles. The van der Waals surface area contributed by atoms with Gasteiger partial charge in [0.05, 0.1) is 19.4 Å². The maximum absolute atomic E-state index is 13.4. The molecule has 5 atom stereocenters. The Morgan fingerprint density at radius 3 is 2.17 bits per heavy atom. The van der Waals surface area contributed by atoms with E-state index in [9.17, 15) is 53.4 Å². The molecule has 1 aliphatic rings. The van der Waals surface area contributed by atoms with Crippen LogP contribution in [-0.2, 0) is 43.2 Å². The van der Waals surface area contributed by atoms with Crippen molar-refractivity contribution in [1.29, 1.82) is 0 Å². The van der Waals surface area contributed by atoms with E-state index < -0.39 is 103 Å². The van der Waals surface area contributed by atoms with Gasteiger partial charge in [-0.05, 0) is 12.8 Å². The van der Waals surface area contributed by atoms with Crippen LogP contribution in [-0.4, -0.2) is 124 Å². The summed E-state index contributed by atoms with van der Waals surface area (Å²) >= 11 is 0. The number of guanidine groups is 1. The van der Waals surface area contributed by atoms with E-state index in [0.29, 0.717) is 0 Å². The molecule has 0 unspecified atom stereocenters. The number of hydrogen-bond acceptors (Lipinski definition) is 12. The van der Waals surface area contributed by atoms with E-state index in [-0.39, 0.29) is 36.9 Å². The van der Waals surface area contributed by atoms with Crippen LogP contribution in [0.2, 0.25) is 0 Å². The molecule has 1 rings (SSSR count). The minimum atomic E-state index is -1.70. The summed E-state index contributed by atoms with van der Waals surface area (Å²) in [7, 11) is 1.74. The second kappa shape index (κ2) is 20.3. The Kier molecular flexibility index (Phi) is 17.4. The van der Waals surface area contributed by atoms with E-state index in [0.717, 1.165) is 28.5 Å². The number of carbonyl (C=O) groups is 9.